The number of rotatable bonds is 2. The van der Waals surface area contributed by atoms with Gasteiger partial charge in [-0.15, -0.1) is 11.3 Å². The van der Waals surface area contributed by atoms with Crippen LogP contribution in [0.2, 0.25) is 5.02 Å². The summed E-state index contributed by atoms with van der Waals surface area (Å²) < 4.78 is 1.05. The van der Waals surface area contributed by atoms with Gasteiger partial charge in [0.05, 0.1) is 15.6 Å². The summed E-state index contributed by atoms with van der Waals surface area (Å²) in [6, 6.07) is 7.62. The van der Waals surface area contributed by atoms with Crippen LogP contribution in [0.25, 0.3) is 0 Å². The second-order valence-electron chi connectivity index (χ2n) is 4.49. The number of halogens is 2. The average molecular weight is 404 g/mol. The number of thiophene rings is 1. The van der Waals surface area contributed by atoms with Gasteiger partial charge in [-0.25, -0.2) is 0 Å². The second-order valence-corrected chi connectivity index (χ2v) is 7.28. The third-order valence-electron chi connectivity index (χ3n) is 3.15. The number of carbonyl (C=O) groups excluding carboxylic acids is 1. The summed E-state index contributed by atoms with van der Waals surface area (Å²) in [6.45, 7) is 0. The highest BCUT2D eigenvalue weighted by Gasteiger charge is 2.18. The van der Waals surface area contributed by atoms with Crippen LogP contribution < -0.4 is 5.32 Å². The first-order valence-electron chi connectivity index (χ1n) is 6.01. The molecule has 1 aliphatic carbocycles. The van der Waals surface area contributed by atoms with Crippen molar-refractivity contribution < 1.29 is 4.79 Å². The molecule has 2 aromatic rings. The van der Waals surface area contributed by atoms with E-state index in [1.54, 1.807) is 11.3 Å². The number of benzene rings is 1. The number of carbonyl (C=O) groups is 1. The monoisotopic (exact) mass is 403 g/mol. The fourth-order valence-corrected chi connectivity index (χ4v) is 4.27. The normalized spacial score (nSPS) is 13.4. The molecule has 0 unspecified atom stereocenters. The highest BCUT2D eigenvalue weighted by Crippen LogP contribution is 2.31. The van der Waals surface area contributed by atoms with Gasteiger partial charge in [0.15, 0.2) is 0 Å². The van der Waals surface area contributed by atoms with Gasteiger partial charge in [-0.2, -0.15) is 0 Å². The molecule has 5 heteroatoms. The molecule has 1 amide bonds. The van der Waals surface area contributed by atoms with E-state index in [4.69, 9.17) is 11.6 Å². The summed E-state index contributed by atoms with van der Waals surface area (Å²) in [7, 11) is 0. The van der Waals surface area contributed by atoms with Crippen molar-refractivity contribution in [1.29, 1.82) is 0 Å². The van der Waals surface area contributed by atoms with Gasteiger partial charge in [0.25, 0.3) is 5.91 Å². The lowest BCUT2D eigenvalue weighted by atomic mass is 10.2. The molecule has 98 valence electrons. The number of fused-ring (bicyclic) bond motifs is 1. The van der Waals surface area contributed by atoms with E-state index in [-0.39, 0.29) is 5.91 Å². The standard InChI is InChI=1S/C14H11ClINOS/c15-10-7-9(16)4-5-11(10)17-14(18)13-6-8-2-1-3-12(8)19-13/h4-7H,1-3H2,(H,17,18). The van der Waals surface area contributed by atoms with Gasteiger partial charge in [-0.05, 0) is 71.7 Å². The van der Waals surface area contributed by atoms with Gasteiger partial charge < -0.3 is 5.32 Å². The Morgan fingerprint density at radius 2 is 2.16 bits per heavy atom. The number of hydrogen-bond acceptors (Lipinski definition) is 2. The predicted molar refractivity (Wildman–Crippen MR) is 88.5 cm³/mol. The molecule has 0 saturated carbocycles. The number of nitrogens with one attached hydrogen (secondary N) is 1. The van der Waals surface area contributed by atoms with Gasteiger partial charge in [0.2, 0.25) is 0 Å². The van der Waals surface area contributed by atoms with E-state index >= 15 is 0 Å². The van der Waals surface area contributed by atoms with E-state index < -0.39 is 0 Å². The first-order valence-corrected chi connectivity index (χ1v) is 8.29. The van der Waals surface area contributed by atoms with Gasteiger partial charge in [-0.3, -0.25) is 4.79 Å². The van der Waals surface area contributed by atoms with Crippen molar-refractivity contribution in [2.75, 3.05) is 5.32 Å². The van der Waals surface area contributed by atoms with E-state index in [1.807, 2.05) is 24.3 Å². The number of amides is 1. The summed E-state index contributed by atoms with van der Waals surface area (Å²) in [5, 5.41) is 3.45. The molecule has 1 heterocycles. The Morgan fingerprint density at radius 1 is 1.32 bits per heavy atom. The quantitative estimate of drug-likeness (QED) is 0.721. The molecule has 0 fully saturated rings. The van der Waals surface area contributed by atoms with Crippen molar-refractivity contribution in [2.45, 2.75) is 19.3 Å². The molecule has 0 saturated heterocycles. The summed E-state index contributed by atoms with van der Waals surface area (Å²) >= 11 is 9.91. The maximum absolute atomic E-state index is 12.2. The summed E-state index contributed by atoms with van der Waals surface area (Å²) in [6.07, 6.45) is 3.42. The maximum atomic E-state index is 12.2. The Hall–Kier alpha value is -0.590. The number of aryl methyl sites for hydroxylation is 2. The van der Waals surface area contributed by atoms with Crippen LogP contribution in [-0.2, 0) is 12.8 Å². The molecule has 2 nitrogen and oxygen atoms in total. The molecule has 1 aromatic carbocycles. The third kappa shape index (κ3) is 2.80. The third-order valence-corrected chi connectivity index (χ3v) is 5.37. The SMILES string of the molecule is O=C(Nc1ccc(I)cc1Cl)c1cc2c(s1)CCC2. The largest absolute Gasteiger partial charge is 0.320 e. The van der Waals surface area contributed by atoms with Crippen LogP contribution in [0.3, 0.4) is 0 Å². The molecular weight excluding hydrogens is 393 g/mol. The zero-order chi connectivity index (χ0) is 13.4. The van der Waals surface area contributed by atoms with E-state index in [0.717, 1.165) is 21.3 Å². The van der Waals surface area contributed by atoms with Crippen LogP contribution in [0, 0.1) is 3.57 Å². The zero-order valence-corrected chi connectivity index (χ0v) is 13.7. The zero-order valence-electron chi connectivity index (χ0n) is 10.0. The summed E-state index contributed by atoms with van der Waals surface area (Å²) in [4.78, 5) is 14.3. The highest BCUT2D eigenvalue weighted by molar-refractivity contribution is 14.1. The van der Waals surface area contributed by atoms with Crippen LogP contribution in [0.4, 0.5) is 5.69 Å². The Kier molecular flexibility index (Phi) is 3.82. The van der Waals surface area contributed by atoms with Gasteiger partial charge in [0.1, 0.15) is 0 Å². The lowest BCUT2D eigenvalue weighted by Crippen LogP contribution is -2.10. The average Bonchev–Trinajstić information content (AvgIpc) is 2.93. The first kappa shape index (κ1) is 13.4. The summed E-state index contributed by atoms with van der Waals surface area (Å²) in [5.74, 6) is -0.0671. The van der Waals surface area contributed by atoms with Crippen LogP contribution in [0.15, 0.2) is 24.3 Å². The van der Waals surface area contributed by atoms with E-state index in [1.165, 1.54) is 16.9 Å². The van der Waals surface area contributed by atoms with Crippen molar-refractivity contribution in [1.82, 2.24) is 0 Å². The minimum Gasteiger partial charge on any atom is -0.320 e. The topological polar surface area (TPSA) is 29.1 Å². The molecule has 0 bridgehead atoms. The molecule has 1 N–H and O–H groups in total. The predicted octanol–water partition coefficient (Wildman–Crippen LogP) is 4.75. The van der Waals surface area contributed by atoms with Crippen LogP contribution in [0.5, 0.6) is 0 Å². The molecule has 0 radical (unpaired) electrons. The van der Waals surface area contributed by atoms with Crippen molar-refractivity contribution in [3.63, 3.8) is 0 Å². The van der Waals surface area contributed by atoms with E-state index in [2.05, 4.69) is 27.9 Å². The van der Waals surface area contributed by atoms with Crippen molar-refractivity contribution in [3.8, 4) is 0 Å². The molecule has 3 rings (SSSR count). The van der Waals surface area contributed by atoms with Gasteiger partial charge in [-0.1, -0.05) is 11.6 Å². The van der Waals surface area contributed by atoms with Crippen LogP contribution in [-0.4, -0.2) is 5.91 Å². The minimum atomic E-state index is -0.0671. The molecule has 0 aliphatic heterocycles. The van der Waals surface area contributed by atoms with Crippen molar-refractivity contribution in [3.05, 3.63) is 48.2 Å². The Labute approximate surface area is 134 Å². The second kappa shape index (κ2) is 5.42. The van der Waals surface area contributed by atoms with E-state index in [0.29, 0.717) is 10.7 Å². The fourth-order valence-electron chi connectivity index (χ4n) is 2.22. The van der Waals surface area contributed by atoms with Gasteiger partial charge in [0, 0.05) is 8.45 Å². The molecule has 1 aliphatic rings. The molecular formula is C14H11ClINOS. The number of hydrogen-bond donors (Lipinski definition) is 1. The van der Waals surface area contributed by atoms with Crippen LogP contribution in [0.1, 0.15) is 26.5 Å². The minimum absolute atomic E-state index is 0.0671. The fraction of sp³-hybridized carbons (Fsp3) is 0.214. The van der Waals surface area contributed by atoms with Crippen molar-refractivity contribution >= 4 is 57.1 Å². The molecule has 1 aromatic heterocycles. The molecule has 0 spiro atoms. The Balaban J connectivity index is 1.80. The van der Waals surface area contributed by atoms with Crippen molar-refractivity contribution in [2.24, 2.45) is 0 Å². The summed E-state index contributed by atoms with van der Waals surface area (Å²) in [5.41, 5.74) is 2.00. The van der Waals surface area contributed by atoms with E-state index in [9.17, 15) is 4.79 Å². The number of anilines is 1. The smallest absolute Gasteiger partial charge is 0.265 e. The maximum Gasteiger partial charge on any atom is 0.265 e. The molecule has 0 atom stereocenters. The lowest BCUT2D eigenvalue weighted by molar-refractivity contribution is 0.103. The lowest BCUT2D eigenvalue weighted by Gasteiger charge is -2.06. The Morgan fingerprint density at radius 3 is 2.89 bits per heavy atom. The van der Waals surface area contributed by atoms with Crippen LogP contribution >= 0.6 is 45.5 Å². The molecule has 19 heavy (non-hydrogen) atoms. The first-order chi connectivity index (χ1) is 9.13. The van der Waals surface area contributed by atoms with Gasteiger partial charge >= 0.3 is 0 Å². The Bertz CT molecular complexity index is 631. The highest BCUT2D eigenvalue weighted by atomic mass is 127.